The predicted octanol–water partition coefficient (Wildman–Crippen LogP) is 3.79. The van der Waals surface area contributed by atoms with Gasteiger partial charge in [0.25, 0.3) is 11.8 Å². The number of hydrogen-bond donors (Lipinski definition) is 0. The third-order valence-corrected chi connectivity index (χ3v) is 5.71. The summed E-state index contributed by atoms with van der Waals surface area (Å²) in [6.45, 7) is 0.0959. The van der Waals surface area contributed by atoms with Crippen LogP contribution in [-0.4, -0.2) is 48.8 Å². The van der Waals surface area contributed by atoms with Crippen LogP contribution in [0.3, 0.4) is 0 Å². The maximum absolute atomic E-state index is 14.9. The molecule has 3 aromatic rings. The van der Waals surface area contributed by atoms with Gasteiger partial charge in [0.2, 0.25) is 0 Å². The van der Waals surface area contributed by atoms with Crippen LogP contribution >= 0.6 is 15.9 Å². The number of hydrogen-bond acceptors (Lipinski definition) is 8. The Hall–Kier alpha value is -3.69. The maximum Gasteiger partial charge on any atom is 0.431 e. The molecule has 10 nitrogen and oxygen atoms in total. The molecule has 0 N–H and O–H groups in total. The summed E-state index contributed by atoms with van der Waals surface area (Å²) in [5.74, 6) is -2.11. The average Bonchev–Trinajstić information content (AvgIpc) is 2.87. The van der Waals surface area contributed by atoms with E-state index >= 15 is 0 Å². The summed E-state index contributed by atoms with van der Waals surface area (Å²) in [6, 6.07) is 7.96. The first-order valence-electron chi connectivity index (χ1n) is 10.9. The van der Waals surface area contributed by atoms with Crippen LogP contribution in [0.4, 0.5) is 17.6 Å². The highest BCUT2D eigenvalue weighted by atomic mass is 79.9. The van der Waals surface area contributed by atoms with Gasteiger partial charge in [0.05, 0.1) is 16.8 Å². The van der Waals surface area contributed by atoms with Gasteiger partial charge in [-0.25, -0.2) is 18.5 Å². The Morgan fingerprint density at radius 1 is 1.03 bits per heavy atom. The molecule has 0 fully saturated rings. The largest absolute Gasteiger partial charge is 0.459 e. The monoisotopic (exact) mass is 620 g/mol. The van der Waals surface area contributed by atoms with Crippen molar-refractivity contribution in [3.05, 3.63) is 79.3 Å². The van der Waals surface area contributed by atoms with Crippen molar-refractivity contribution in [2.24, 2.45) is 7.05 Å². The lowest BCUT2D eigenvalue weighted by Gasteiger charge is -2.19. The number of alkyl halides is 3. The van der Waals surface area contributed by atoms with Gasteiger partial charge in [-0.2, -0.15) is 13.2 Å². The van der Waals surface area contributed by atoms with Gasteiger partial charge in [-0.05, 0) is 34.1 Å². The number of carbonyl (C=O) groups is 1. The lowest BCUT2D eigenvalue weighted by molar-refractivity contribution is -0.174. The normalized spacial score (nSPS) is 12.2. The minimum Gasteiger partial charge on any atom is -0.459 e. The highest BCUT2D eigenvalue weighted by molar-refractivity contribution is 9.10. The van der Waals surface area contributed by atoms with Crippen LogP contribution in [0.1, 0.15) is 5.69 Å². The minimum atomic E-state index is -4.99. The number of methoxy groups -OCH3 is 2. The van der Waals surface area contributed by atoms with Crippen LogP contribution in [0.15, 0.2) is 56.5 Å². The Labute approximate surface area is 226 Å². The van der Waals surface area contributed by atoms with Crippen LogP contribution in [0.5, 0.6) is 17.2 Å². The Kier molecular flexibility index (Phi) is 9.53. The van der Waals surface area contributed by atoms with E-state index in [9.17, 15) is 31.9 Å². The molecule has 0 radical (unpaired) electrons. The lowest BCUT2D eigenvalue weighted by Crippen LogP contribution is -2.41. The van der Waals surface area contributed by atoms with Gasteiger partial charge in [-0.1, -0.05) is 12.1 Å². The van der Waals surface area contributed by atoms with E-state index in [4.69, 9.17) is 23.7 Å². The zero-order chi connectivity index (χ0) is 28.9. The van der Waals surface area contributed by atoms with E-state index in [1.54, 1.807) is 12.1 Å². The fourth-order valence-electron chi connectivity index (χ4n) is 3.24. The highest BCUT2D eigenvalue weighted by Crippen LogP contribution is 2.37. The number of ether oxygens (including phenoxy) is 5. The molecule has 3 rings (SSSR count). The Morgan fingerprint density at radius 3 is 2.31 bits per heavy atom. The van der Waals surface area contributed by atoms with Crippen molar-refractivity contribution in [1.82, 2.24) is 9.13 Å². The molecule has 210 valence electrons. The Morgan fingerprint density at radius 2 is 1.69 bits per heavy atom. The van der Waals surface area contributed by atoms with Gasteiger partial charge in [0.1, 0.15) is 23.9 Å². The number of rotatable bonds is 10. The van der Waals surface area contributed by atoms with Crippen molar-refractivity contribution in [3.8, 4) is 22.9 Å². The number of nitrogens with zero attached hydrogens (tertiary/aromatic N) is 2. The summed E-state index contributed by atoms with van der Waals surface area (Å²) in [4.78, 5) is 37.4. The van der Waals surface area contributed by atoms with Gasteiger partial charge in [-0.15, -0.1) is 0 Å². The highest BCUT2D eigenvalue weighted by Gasteiger charge is 2.35. The van der Waals surface area contributed by atoms with Crippen LogP contribution in [0.2, 0.25) is 0 Å². The number of halogens is 5. The third-order valence-electron chi connectivity index (χ3n) is 5.09. The van der Waals surface area contributed by atoms with E-state index < -0.39 is 46.9 Å². The molecule has 1 atom stereocenters. The topological polar surface area (TPSA) is 107 Å². The number of aromatic nitrogens is 2. The second kappa shape index (κ2) is 12.4. The zero-order valence-corrected chi connectivity index (χ0v) is 22.2. The van der Waals surface area contributed by atoms with Crippen molar-refractivity contribution in [1.29, 1.82) is 0 Å². The summed E-state index contributed by atoms with van der Waals surface area (Å²) in [7, 11) is 3.43. The Balaban J connectivity index is 2.00. The molecule has 15 heteroatoms. The molecule has 0 aliphatic rings. The first-order valence-corrected chi connectivity index (χ1v) is 11.7. The van der Waals surface area contributed by atoms with Crippen molar-refractivity contribution in [2.45, 2.75) is 12.5 Å². The second-order valence-electron chi connectivity index (χ2n) is 7.67. The molecule has 0 aliphatic carbocycles. The van der Waals surface area contributed by atoms with Crippen molar-refractivity contribution < 1.29 is 46.0 Å². The molecular formula is C24H21BrF4N2O8. The van der Waals surface area contributed by atoms with Crippen molar-refractivity contribution in [2.75, 3.05) is 27.4 Å². The number of para-hydroxylation sites is 2. The van der Waals surface area contributed by atoms with Crippen molar-refractivity contribution >= 4 is 21.9 Å². The average molecular weight is 621 g/mol. The molecule has 1 aromatic heterocycles. The standard InChI is InChI=1S/C24H21BrF4N2O8/c1-30-19(24(27,28)29)12-20(32)31(23(30)34)15-11-18(13(25)10-14(15)26)38-16-6-4-5-7-17(16)39-22(36-3)21(33)37-9-8-35-2/h4-7,10-12,22H,8-9H2,1-3H3/t22-/m0/s1. The summed E-state index contributed by atoms with van der Waals surface area (Å²) in [6.07, 6.45) is -6.48. The van der Waals surface area contributed by atoms with Gasteiger partial charge in [0, 0.05) is 33.4 Å². The maximum atomic E-state index is 14.9. The van der Waals surface area contributed by atoms with E-state index in [1.165, 1.54) is 26.4 Å². The lowest BCUT2D eigenvalue weighted by atomic mass is 10.2. The number of esters is 1. The zero-order valence-electron chi connectivity index (χ0n) is 20.6. The molecule has 0 amide bonds. The van der Waals surface area contributed by atoms with E-state index in [-0.39, 0.29) is 50.1 Å². The summed E-state index contributed by atoms with van der Waals surface area (Å²) in [5, 5.41) is 0. The van der Waals surface area contributed by atoms with Gasteiger partial charge in [0.15, 0.2) is 11.5 Å². The van der Waals surface area contributed by atoms with E-state index in [0.717, 1.165) is 19.2 Å². The number of carbonyl (C=O) groups excluding carboxylic acids is 1. The Bertz CT molecular complexity index is 1470. The van der Waals surface area contributed by atoms with Gasteiger partial charge in [-0.3, -0.25) is 9.36 Å². The molecule has 1 heterocycles. The SMILES string of the molecule is COCCOC(=O)[C@@H](OC)Oc1ccccc1Oc1cc(-n2c(=O)cc(C(F)(F)F)n(C)c2=O)c(F)cc1Br. The fourth-order valence-corrected chi connectivity index (χ4v) is 3.64. The minimum absolute atomic E-state index is 0.00447. The van der Waals surface area contributed by atoms with Crippen LogP contribution in [-0.2, 0) is 32.2 Å². The molecule has 0 bridgehead atoms. The second-order valence-corrected chi connectivity index (χ2v) is 8.53. The first-order chi connectivity index (χ1) is 18.4. The molecule has 0 saturated carbocycles. The molecular weight excluding hydrogens is 600 g/mol. The summed E-state index contributed by atoms with van der Waals surface area (Å²) < 4.78 is 81.1. The number of benzene rings is 2. The van der Waals surface area contributed by atoms with Crippen molar-refractivity contribution in [3.63, 3.8) is 0 Å². The molecule has 0 unspecified atom stereocenters. The van der Waals surface area contributed by atoms with E-state index in [2.05, 4.69) is 15.9 Å². The molecule has 0 aliphatic heterocycles. The first kappa shape index (κ1) is 29.9. The van der Waals surface area contributed by atoms with Gasteiger partial charge >= 0.3 is 17.8 Å². The van der Waals surface area contributed by atoms with Gasteiger partial charge < -0.3 is 23.7 Å². The third kappa shape index (κ3) is 6.85. The van der Waals surface area contributed by atoms with Crippen LogP contribution in [0, 0.1) is 5.82 Å². The molecule has 0 saturated heterocycles. The molecule has 0 spiro atoms. The van der Waals surface area contributed by atoms with Crippen LogP contribution in [0.25, 0.3) is 5.69 Å². The molecule has 39 heavy (non-hydrogen) atoms. The van der Waals surface area contributed by atoms with E-state index in [0.29, 0.717) is 0 Å². The summed E-state index contributed by atoms with van der Waals surface area (Å²) >= 11 is 3.11. The predicted molar refractivity (Wildman–Crippen MR) is 131 cm³/mol. The fraction of sp³-hybridized carbons (Fsp3) is 0.292. The van der Waals surface area contributed by atoms with E-state index in [1.807, 2.05) is 0 Å². The smallest absolute Gasteiger partial charge is 0.431 e. The van der Waals surface area contributed by atoms with Crippen LogP contribution < -0.4 is 20.7 Å². The molecule has 2 aromatic carbocycles. The quantitative estimate of drug-likeness (QED) is 0.146. The summed E-state index contributed by atoms with van der Waals surface area (Å²) in [5.41, 5.74) is -5.00.